The molecule has 0 aliphatic carbocycles. The molecule has 0 rings (SSSR count). The van der Waals surface area contributed by atoms with E-state index in [-0.39, 0.29) is 6.10 Å². The molecule has 0 saturated carbocycles. The highest BCUT2D eigenvalue weighted by Crippen LogP contribution is 1.90. The molecule has 0 aromatic carbocycles. The van der Waals surface area contributed by atoms with Crippen LogP contribution in [0.15, 0.2) is 12.2 Å². The maximum absolute atomic E-state index is 9.05. The highest BCUT2D eigenvalue weighted by molar-refractivity contribution is 4.85. The van der Waals surface area contributed by atoms with E-state index in [2.05, 4.69) is 5.32 Å². The normalized spacial score (nSPS) is 14.6. The zero-order chi connectivity index (χ0) is 7.11. The van der Waals surface area contributed by atoms with E-state index >= 15 is 0 Å². The van der Waals surface area contributed by atoms with Gasteiger partial charge >= 0.3 is 0 Å². The Balaban J connectivity index is 3.15. The van der Waals surface area contributed by atoms with Gasteiger partial charge in [-0.1, -0.05) is 12.2 Å². The van der Waals surface area contributed by atoms with Gasteiger partial charge in [0.15, 0.2) is 0 Å². The molecule has 0 spiro atoms. The molecule has 1 atom stereocenters. The molecule has 0 saturated heterocycles. The van der Waals surface area contributed by atoms with Crippen LogP contribution in [-0.4, -0.2) is 24.8 Å². The number of allylic oxidation sites excluding steroid dienone is 1. The fourth-order valence-electron chi connectivity index (χ4n) is 0.611. The van der Waals surface area contributed by atoms with Gasteiger partial charge in [0.05, 0.1) is 6.10 Å². The minimum Gasteiger partial charge on any atom is -0.389 e. The van der Waals surface area contributed by atoms with Crippen LogP contribution in [0.3, 0.4) is 0 Å². The molecule has 54 valence electrons. The first kappa shape index (κ1) is 8.66. The summed E-state index contributed by atoms with van der Waals surface area (Å²) in [5.41, 5.74) is 0. The molecule has 2 N–H and O–H groups in total. The SMILES string of the molecule is C/C=C/C(O)CCNC. The highest BCUT2D eigenvalue weighted by Gasteiger charge is 1.94. The Bertz CT molecular complexity index is 81.0. The lowest BCUT2D eigenvalue weighted by atomic mass is 10.2. The van der Waals surface area contributed by atoms with E-state index in [1.807, 2.05) is 20.0 Å². The van der Waals surface area contributed by atoms with Gasteiger partial charge in [-0.2, -0.15) is 0 Å². The van der Waals surface area contributed by atoms with Crippen molar-refractivity contribution >= 4 is 0 Å². The minimum atomic E-state index is -0.276. The summed E-state index contributed by atoms with van der Waals surface area (Å²) in [4.78, 5) is 0. The molecule has 9 heavy (non-hydrogen) atoms. The summed E-state index contributed by atoms with van der Waals surface area (Å²) in [7, 11) is 1.88. The van der Waals surface area contributed by atoms with Crippen molar-refractivity contribution in [1.82, 2.24) is 5.32 Å². The van der Waals surface area contributed by atoms with E-state index in [0.29, 0.717) is 0 Å². The third kappa shape index (κ3) is 5.53. The molecule has 2 heteroatoms. The number of aliphatic hydroxyl groups is 1. The highest BCUT2D eigenvalue weighted by atomic mass is 16.3. The lowest BCUT2D eigenvalue weighted by Crippen LogP contribution is -2.14. The van der Waals surface area contributed by atoms with Gasteiger partial charge in [0.25, 0.3) is 0 Å². The number of aliphatic hydroxyl groups excluding tert-OH is 1. The first-order valence-electron chi connectivity index (χ1n) is 3.26. The van der Waals surface area contributed by atoms with Gasteiger partial charge in [0.2, 0.25) is 0 Å². The third-order valence-electron chi connectivity index (χ3n) is 1.10. The predicted octanol–water partition coefficient (Wildman–Crippen LogP) is 0.533. The maximum atomic E-state index is 9.05. The van der Waals surface area contributed by atoms with E-state index in [9.17, 15) is 0 Å². The van der Waals surface area contributed by atoms with E-state index < -0.39 is 0 Å². The maximum Gasteiger partial charge on any atom is 0.0732 e. The fraction of sp³-hybridized carbons (Fsp3) is 0.714. The minimum absolute atomic E-state index is 0.276. The summed E-state index contributed by atoms with van der Waals surface area (Å²) in [5, 5.41) is 12.0. The van der Waals surface area contributed by atoms with Crippen LogP contribution in [-0.2, 0) is 0 Å². The molecule has 0 aromatic heterocycles. The first-order chi connectivity index (χ1) is 4.31. The second-order valence-electron chi connectivity index (χ2n) is 1.99. The van der Waals surface area contributed by atoms with Crippen LogP contribution < -0.4 is 5.32 Å². The van der Waals surface area contributed by atoms with Crippen LogP contribution in [0.25, 0.3) is 0 Å². The van der Waals surface area contributed by atoms with Crippen molar-refractivity contribution in [3.8, 4) is 0 Å². The van der Waals surface area contributed by atoms with Gasteiger partial charge in [-0.15, -0.1) is 0 Å². The Morgan fingerprint density at radius 2 is 2.33 bits per heavy atom. The average molecular weight is 129 g/mol. The standard InChI is InChI=1S/C7H15NO/c1-3-4-7(9)5-6-8-2/h3-4,7-9H,5-6H2,1-2H3/b4-3+. The van der Waals surface area contributed by atoms with Crippen LogP contribution in [0.2, 0.25) is 0 Å². The monoisotopic (exact) mass is 129 g/mol. The quantitative estimate of drug-likeness (QED) is 0.543. The van der Waals surface area contributed by atoms with Crippen molar-refractivity contribution in [2.75, 3.05) is 13.6 Å². The Morgan fingerprint density at radius 3 is 2.78 bits per heavy atom. The number of hydrogen-bond acceptors (Lipinski definition) is 2. The van der Waals surface area contributed by atoms with Crippen molar-refractivity contribution < 1.29 is 5.11 Å². The predicted molar refractivity (Wildman–Crippen MR) is 39.4 cm³/mol. The van der Waals surface area contributed by atoms with Gasteiger partial charge in [-0.05, 0) is 26.9 Å². The van der Waals surface area contributed by atoms with Crippen LogP contribution in [0.5, 0.6) is 0 Å². The van der Waals surface area contributed by atoms with Gasteiger partial charge in [-0.3, -0.25) is 0 Å². The molecule has 0 amide bonds. The summed E-state index contributed by atoms with van der Waals surface area (Å²) >= 11 is 0. The topological polar surface area (TPSA) is 32.3 Å². The van der Waals surface area contributed by atoms with Crippen molar-refractivity contribution in [3.63, 3.8) is 0 Å². The molecule has 0 bridgehead atoms. The summed E-state index contributed by atoms with van der Waals surface area (Å²) in [5.74, 6) is 0. The molecule has 0 aromatic rings. The van der Waals surface area contributed by atoms with Crippen molar-refractivity contribution in [1.29, 1.82) is 0 Å². The van der Waals surface area contributed by atoms with Gasteiger partial charge in [0.1, 0.15) is 0 Å². The van der Waals surface area contributed by atoms with Gasteiger partial charge in [0, 0.05) is 0 Å². The lowest BCUT2D eigenvalue weighted by molar-refractivity contribution is 0.212. The zero-order valence-corrected chi connectivity index (χ0v) is 6.09. The second-order valence-corrected chi connectivity index (χ2v) is 1.99. The van der Waals surface area contributed by atoms with Crippen molar-refractivity contribution in [2.24, 2.45) is 0 Å². The smallest absolute Gasteiger partial charge is 0.0732 e. The van der Waals surface area contributed by atoms with Crippen LogP contribution in [0.1, 0.15) is 13.3 Å². The molecule has 0 radical (unpaired) electrons. The summed E-state index contributed by atoms with van der Waals surface area (Å²) < 4.78 is 0. The Labute approximate surface area is 56.6 Å². The van der Waals surface area contributed by atoms with Crippen LogP contribution >= 0.6 is 0 Å². The van der Waals surface area contributed by atoms with E-state index in [0.717, 1.165) is 13.0 Å². The molecule has 0 aliphatic heterocycles. The van der Waals surface area contributed by atoms with E-state index in [1.165, 1.54) is 0 Å². The van der Waals surface area contributed by atoms with Crippen LogP contribution in [0.4, 0.5) is 0 Å². The molecule has 0 fully saturated rings. The van der Waals surface area contributed by atoms with Crippen molar-refractivity contribution in [2.45, 2.75) is 19.4 Å². The summed E-state index contributed by atoms with van der Waals surface area (Å²) in [6.07, 6.45) is 4.17. The summed E-state index contributed by atoms with van der Waals surface area (Å²) in [6.45, 7) is 2.77. The molecular weight excluding hydrogens is 114 g/mol. The van der Waals surface area contributed by atoms with Crippen LogP contribution in [0, 0.1) is 0 Å². The third-order valence-corrected chi connectivity index (χ3v) is 1.10. The van der Waals surface area contributed by atoms with Gasteiger partial charge < -0.3 is 10.4 Å². The first-order valence-corrected chi connectivity index (χ1v) is 3.26. The second kappa shape index (κ2) is 5.79. The number of nitrogens with one attached hydrogen (secondary N) is 1. The molecule has 2 nitrogen and oxygen atoms in total. The zero-order valence-electron chi connectivity index (χ0n) is 6.09. The van der Waals surface area contributed by atoms with E-state index in [4.69, 9.17) is 5.11 Å². The Kier molecular flexibility index (Phi) is 5.57. The Morgan fingerprint density at radius 1 is 1.67 bits per heavy atom. The van der Waals surface area contributed by atoms with Crippen molar-refractivity contribution in [3.05, 3.63) is 12.2 Å². The fourth-order valence-corrected chi connectivity index (χ4v) is 0.611. The average Bonchev–Trinajstić information content (AvgIpc) is 1.85. The van der Waals surface area contributed by atoms with Gasteiger partial charge in [-0.25, -0.2) is 0 Å². The lowest BCUT2D eigenvalue weighted by Gasteiger charge is -2.02. The van der Waals surface area contributed by atoms with E-state index in [1.54, 1.807) is 6.08 Å². The number of rotatable bonds is 4. The molecular formula is C7H15NO. The molecule has 1 unspecified atom stereocenters. The molecule has 0 heterocycles. The summed E-state index contributed by atoms with van der Waals surface area (Å²) in [6, 6.07) is 0. The Hall–Kier alpha value is -0.340. The molecule has 0 aliphatic rings. The largest absolute Gasteiger partial charge is 0.389 e. The number of hydrogen-bond donors (Lipinski definition) is 2.